The van der Waals surface area contributed by atoms with Crippen LogP contribution in [-0.2, 0) is 0 Å². The van der Waals surface area contributed by atoms with Crippen molar-refractivity contribution in [3.05, 3.63) is 472 Å². The predicted molar refractivity (Wildman–Crippen MR) is 557 cm³/mol. The van der Waals surface area contributed by atoms with Crippen LogP contribution in [0.2, 0.25) is 0 Å². The molecule has 3 aromatic heterocycles. The summed E-state index contributed by atoms with van der Waals surface area (Å²) in [6.07, 6.45) is 0. The summed E-state index contributed by atoms with van der Waals surface area (Å²) in [6.45, 7) is 0. The average Bonchev–Trinajstić information content (AvgIpc) is 1.67. The maximum Gasteiger partial charge on any atom is 0.143 e. The number of rotatable bonds is 8. The van der Waals surface area contributed by atoms with Crippen molar-refractivity contribution in [2.45, 2.75) is 0 Å². The molecule has 0 radical (unpaired) electrons. The van der Waals surface area contributed by atoms with E-state index in [1.807, 2.05) is 176 Å². The van der Waals surface area contributed by atoms with E-state index in [9.17, 15) is 23.3 Å². The van der Waals surface area contributed by atoms with Crippen molar-refractivity contribution in [3.63, 3.8) is 0 Å². The molecule has 0 amide bonds. The van der Waals surface area contributed by atoms with E-state index in [0.717, 1.165) is 75.8 Å². The molecule has 0 atom stereocenters. The first-order chi connectivity index (χ1) is 82.4. The first-order valence-corrected chi connectivity index (χ1v) is 41.6. The van der Waals surface area contributed by atoms with Gasteiger partial charge in [-0.2, -0.15) is 0 Å². The van der Waals surface area contributed by atoms with Gasteiger partial charge in [0.05, 0.1) is 57.6 Å². The summed E-state index contributed by atoms with van der Waals surface area (Å²) in [6, 6.07) is 40.1. The summed E-state index contributed by atoms with van der Waals surface area (Å²) in [5, 5.41) is 7.26. The van der Waals surface area contributed by atoms with Crippen LogP contribution in [0.4, 0.5) is 0 Å². The molecule has 0 unspecified atom stereocenters. The second-order valence-corrected chi connectivity index (χ2v) is 31.4. The zero-order valence-electron chi connectivity index (χ0n) is 110. The Balaban J connectivity index is 0.000000128. The largest absolute Gasteiger partial charge is 0.456 e. The van der Waals surface area contributed by atoms with Crippen molar-refractivity contribution in [3.8, 4) is 89.0 Å². The maximum absolute atomic E-state index is 9.70. The summed E-state index contributed by atoms with van der Waals surface area (Å²) >= 11 is 0. The summed E-state index contributed by atoms with van der Waals surface area (Å²) < 4.78 is 397. The fourth-order valence-corrected chi connectivity index (χ4v) is 18.7. The van der Waals surface area contributed by atoms with Gasteiger partial charge in [-0.25, -0.2) is 0 Å². The molecule has 3 heteroatoms. The molecular weight excluding hydrogens is 1590 g/mol. The maximum atomic E-state index is 9.70. The van der Waals surface area contributed by atoms with Gasteiger partial charge in [0.15, 0.2) is 0 Å². The molecule has 131 heavy (non-hydrogen) atoms. The van der Waals surface area contributed by atoms with Crippen LogP contribution in [0, 0.1) is 0 Å². The van der Waals surface area contributed by atoms with Crippen molar-refractivity contribution in [2.24, 2.45) is 0 Å². The van der Waals surface area contributed by atoms with Gasteiger partial charge in [-0.15, -0.1) is 0 Å². The first-order valence-electron chi connectivity index (χ1n) is 62.6. The van der Waals surface area contributed by atoms with Crippen LogP contribution in [-0.4, -0.2) is 0 Å². The fourth-order valence-electron chi connectivity index (χ4n) is 18.7. The van der Waals surface area contributed by atoms with Crippen molar-refractivity contribution >= 4 is 184 Å². The Bertz CT molecular complexity index is 12100. The Morgan fingerprint density at radius 2 is 0.489 bits per heavy atom. The summed E-state index contributed by atoms with van der Waals surface area (Å²) in [4.78, 5) is 0. The van der Waals surface area contributed by atoms with Crippen LogP contribution in [0.15, 0.2) is 485 Å². The van der Waals surface area contributed by atoms with E-state index in [4.69, 9.17) is 47.5 Å². The zero-order chi connectivity index (χ0) is 123. The van der Waals surface area contributed by atoms with E-state index < -0.39 is 293 Å². The second kappa shape index (κ2) is 30.8. The topological polar surface area (TPSA) is 39.4 Å². The molecule has 3 heterocycles. The average molecular weight is 1710 g/mol. The zero-order valence-corrected chi connectivity index (χ0v) is 68.0. The van der Waals surface area contributed by atoms with Crippen LogP contribution < -0.4 is 0 Å². The quantitative estimate of drug-likeness (QED) is 0.142. The lowest BCUT2D eigenvalue weighted by molar-refractivity contribution is 0.669. The Morgan fingerprint density at radius 3 is 1.00 bits per heavy atom. The summed E-state index contributed by atoms with van der Waals surface area (Å²) in [5.74, 6) is 0. The lowest BCUT2D eigenvalue weighted by atomic mass is 9.83. The van der Waals surface area contributed by atoms with Gasteiger partial charge in [0.1, 0.15) is 33.5 Å². The molecule has 608 valence electrons. The summed E-state index contributed by atoms with van der Waals surface area (Å²) in [5.41, 5.74) is 1.78. The molecule has 0 aliphatic heterocycles. The van der Waals surface area contributed by atoms with E-state index >= 15 is 0 Å². The highest BCUT2D eigenvalue weighted by Crippen LogP contribution is 2.53. The minimum absolute atomic E-state index is 0.148. The van der Waals surface area contributed by atoms with E-state index in [1.54, 1.807) is 12.1 Å². The predicted octanol–water partition coefficient (Wildman–Crippen LogP) is 36.8. The molecule has 0 N–H and O–H groups in total. The lowest BCUT2D eigenvalue weighted by Crippen LogP contribution is -1.92. The van der Waals surface area contributed by atoms with Gasteiger partial charge in [-0.1, -0.05) is 430 Å². The molecule has 28 rings (SSSR count). The van der Waals surface area contributed by atoms with E-state index in [2.05, 4.69) is 30.3 Å². The molecular formula is C128H78O3. The lowest BCUT2D eigenvalue weighted by Gasteiger charge is -2.20. The van der Waals surface area contributed by atoms with Crippen molar-refractivity contribution < 1.29 is 70.8 Å². The van der Waals surface area contributed by atoms with E-state index in [1.165, 1.54) is 0 Å². The highest BCUT2D eigenvalue weighted by molar-refractivity contribution is 6.30. The van der Waals surface area contributed by atoms with Crippen LogP contribution in [0.3, 0.4) is 0 Å². The van der Waals surface area contributed by atoms with Gasteiger partial charge in [-0.05, 0) is 228 Å². The third-order valence-electron chi connectivity index (χ3n) is 24.4. The molecule has 0 aliphatic rings. The fraction of sp³-hybridized carbons (Fsp3) is 0. The van der Waals surface area contributed by atoms with E-state index in [0.29, 0.717) is 55.7 Å². The van der Waals surface area contributed by atoms with Gasteiger partial charge in [0.2, 0.25) is 0 Å². The second-order valence-electron chi connectivity index (χ2n) is 31.4. The van der Waals surface area contributed by atoms with Crippen molar-refractivity contribution in [1.82, 2.24) is 0 Å². The molecule has 0 saturated heterocycles. The number of hydrogen-bond acceptors (Lipinski definition) is 3. The van der Waals surface area contributed by atoms with Crippen LogP contribution in [0.5, 0.6) is 0 Å². The SMILES string of the molecule is [2H]c1c([2H])c([2H])c(-c2c([2H])c([2H])c(-c3c4c([2H])c([2H])c([2H])c([2H])c4c(-c4c([2H])c([2H])c([2H])c5oc6c([2H])c([2H])c([2H])c([2H])c6c45)c4c([2H])c([2H])c([2H])c([2H])c34)c3c([2H])c([2H])c([2H])c([2H])c23)c([2H])c1[2H].[2H]c1c([2H])c([2H])c2c(-c3cccc4c3oc3cc5ccccc5cc34)c3c([2H])c([2H])c([2H])c([2H])c3c(-c3ccc(-c4cccc5ccccc45)cc3)c2c1[2H].[2H]c1c([2H])c([2H])c2c(-c3cccc4c3oc3cc5ccccc5cc34)c3c([2H])c([2H])c([2H])c([2H])c3c(-c3ccc4ccccc4c3)c2c1[2H]. The Labute approximate surface area is 813 Å². The van der Waals surface area contributed by atoms with Gasteiger partial charge in [0, 0.05) is 54.6 Å². The first kappa shape index (κ1) is 44.3. The number of benzene rings is 25. The molecule has 0 spiro atoms. The van der Waals surface area contributed by atoms with Crippen molar-refractivity contribution in [2.75, 3.05) is 0 Å². The molecule has 0 fully saturated rings. The summed E-state index contributed by atoms with van der Waals surface area (Å²) in [7, 11) is 0. The minimum atomic E-state index is -1.07. The third-order valence-corrected chi connectivity index (χ3v) is 24.4. The standard InChI is InChI=1S/C46H28O.C42H26O.C40H24O/c1-2-13-33-28-43-42(27-32(33)12-1)40-21-10-22-41(46(40)47-43)45-38-18-7-5-16-36(38)44(37-17-6-8-19-39(37)45)31-25-23-30(24-26-31)35-20-9-14-29-11-3-4-15-34(29)35;1-2-13-27(14-3-1)28-25-26-35(30-16-5-4-15-29(28)30)40-31-17-6-8-19-33(31)41(34-20-9-7-18-32(34)40)37-22-12-24-39-42(37)36-21-10-11-23-38(36)43-39;1-2-11-26-22-29(21-20-25(26)10-1)38-30-14-5-7-16-32(30)39(33-17-8-6-15-31(33)38)35-19-9-18-34-36-23-27-12-3-4-13-28(27)24-37(36)41-40(34)35/h1-28H;1-26H;1-24H/i5D,6D,7D,8D,16D,17D,18D,19D;1D,2D,3D,4D,5D,6D,7D,8D,9D,10D,11D,12D,13D,14D,15D,16D,17D,18D,19D,20D,21D,22D,23D,24D,25D,26D;5D,6D,7D,8D,14D,15D,16D,17D. The molecule has 0 bridgehead atoms. The van der Waals surface area contributed by atoms with Gasteiger partial charge in [0.25, 0.3) is 0 Å². The normalized spacial score (nSPS) is 16.3. The molecule has 0 aliphatic carbocycles. The van der Waals surface area contributed by atoms with Gasteiger partial charge < -0.3 is 13.3 Å². The number of hydrogen-bond donors (Lipinski definition) is 0. The number of furan rings is 3. The van der Waals surface area contributed by atoms with E-state index in [-0.39, 0.29) is 103 Å². The minimum Gasteiger partial charge on any atom is -0.456 e. The van der Waals surface area contributed by atoms with Gasteiger partial charge >= 0.3 is 0 Å². The smallest absolute Gasteiger partial charge is 0.143 e. The number of fused-ring (bicyclic) bond motifs is 20. The number of para-hydroxylation sites is 3. The van der Waals surface area contributed by atoms with Crippen LogP contribution in [0.1, 0.15) is 57.6 Å². The Hall–Kier alpha value is -17.2. The molecule has 3 nitrogen and oxygen atoms in total. The third kappa shape index (κ3) is 12.3. The Morgan fingerprint density at radius 1 is 0.145 bits per heavy atom. The van der Waals surface area contributed by atoms with Crippen LogP contribution in [0.25, 0.3) is 273 Å². The molecule has 0 saturated carbocycles. The van der Waals surface area contributed by atoms with Crippen LogP contribution >= 0.6 is 0 Å². The van der Waals surface area contributed by atoms with Gasteiger partial charge in [-0.3, -0.25) is 0 Å². The highest BCUT2D eigenvalue weighted by atomic mass is 16.3. The monoisotopic (exact) mass is 1700 g/mol. The molecule has 28 aromatic rings. The van der Waals surface area contributed by atoms with Crippen molar-refractivity contribution in [1.29, 1.82) is 0 Å². The Kier molecular flexibility index (Phi) is 10.4. The highest BCUT2D eigenvalue weighted by Gasteiger charge is 2.27. The molecule has 25 aromatic carbocycles.